The molecule has 0 radical (unpaired) electrons. The van der Waals surface area contributed by atoms with Gasteiger partial charge in [-0.3, -0.25) is 9.59 Å². The molecule has 0 aromatic carbocycles. The summed E-state index contributed by atoms with van der Waals surface area (Å²) in [6.45, 7) is 3.66. The van der Waals surface area contributed by atoms with Crippen LogP contribution in [0, 0.1) is 11.8 Å². The molecule has 2 aliphatic carbocycles. The van der Waals surface area contributed by atoms with Gasteiger partial charge < -0.3 is 15.0 Å². The Balaban J connectivity index is 1.71. The number of nitrogens with zero attached hydrogens (tertiary/aromatic N) is 1. The average molecular weight is 266 g/mol. The van der Waals surface area contributed by atoms with Crippen LogP contribution >= 0.6 is 0 Å². The summed E-state index contributed by atoms with van der Waals surface area (Å²) in [6, 6.07) is -0.521. The Morgan fingerprint density at radius 1 is 1.21 bits per heavy atom. The van der Waals surface area contributed by atoms with Gasteiger partial charge in [0, 0.05) is 13.2 Å². The Kier molecular flexibility index (Phi) is 3.48. The van der Waals surface area contributed by atoms with Crippen molar-refractivity contribution >= 4 is 11.8 Å². The summed E-state index contributed by atoms with van der Waals surface area (Å²) in [7, 11) is 0. The molecule has 0 bridgehead atoms. The topological polar surface area (TPSA) is 58.6 Å². The summed E-state index contributed by atoms with van der Waals surface area (Å²) in [5.41, 5.74) is 0. The van der Waals surface area contributed by atoms with Crippen LogP contribution in [0.1, 0.15) is 32.6 Å². The van der Waals surface area contributed by atoms with Crippen LogP contribution in [0.4, 0.5) is 0 Å². The Bertz CT molecular complexity index is 377. The zero-order valence-corrected chi connectivity index (χ0v) is 11.4. The third kappa shape index (κ3) is 2.61. The molecule has 19 heavy (non-hydrogen) atoms. The maximum atomic E-state index is 12.5. The first-order valence-electron chi connectivity index (χ1n) is 7.41. The van der Waals surface area contributed by atoms with Gasteiger partial charge in [0.05, 0.1) is 6.61 Å². The Morgan fingerprint density at radius 3 is 2.47 bits per heavy atom. The predicted molar refractivity (Wildman–Crippen MR) is 69.4 cm³/mol. The summed E-state index contributed by atoms with van der Waals surface area (Å²) >= 11 is 0. The van der Waals surface area contributed by atoms with Crippen LogP contribution in [0.25, 0.3) is 0 Å². The Hall–Kier alpha value is -1.10. The molecule has 2 saturated carbocycles. The average Bonchev–Trinajstić information content (AvgIpc) is 3.26. The van der Waals surface area contributed by atoms with E-state index in [9.17, 15) is 9.59 Å². The summed E-state index contributed by atoms with van der Waals surface area (Å²) in [5, 5.41) is 2.95. The number of rotatable bonds is 6. The molecule has 106 valence electrons. The molecule has 2 unspecified atom stereocenters. The lowest BCUT2D eigenvalue weighted by Gasteiger charge is -2.39. The van der Waals surface area contributed by atoms with Crippen molar-refractivity contribution in [1.82, 2.24) is 10.2 Å². The number of piperazine rings is 1. The fourth-order valence-corrected chi connectivity index (χ4v) is 2.94. The van der Waals surface area contributed by atoms with Crippen molar-refractivity contribution in [3.05, 3.63) is 0 Å². The molecule has 3 rings (SSSR count). The molecule has 2 amide bonds. The zero-order chi connectivity index (χ0) is 13.4. The van der Waals surface area contributed by atoms with Crippen molar-refractivity contribution in [3.63, 3.8) is 0 Å². The zero-order valence-electron chi connectivity index (χ0n) is 11.4. The number of hydrogen-bond donors (Lipinski definition) is 1. The van der Waals surface area contributed by atoms with Gasteiger partial charge in [-0.1, -0.05) is 0 Å². The minimum atomic E-state index is -0.274. The normalized spacial score (nSPS) is 31.5. The van der Waals surface area contributed by atoms with Crippen molar-refractivity contribution in [2.75, 3.05) is 19.8 Å². The van der Waals surface area contributed by atoms with Gasteiger partial charge in [0.15, 0.2) is 0 Å². The Morgan fingerprint density at radius 2 is 1.89 bits per heavy atom. The molecular weight excluding hydrogens is 244 g/mol. The second-order valence-corrected chi connectivity index (χ2v) is 5.83. The lowest BCUT2D eigenvalue weighted by Crippen LogP contribution is -2.65. The maximum absolute atomic E-state index is 12.5. The number of carbonyl (C=O) groups is 2. The quantitative estimate of drug-likeness (QED) is 0.714. The molecule has 3 aliphatic rings. The van der Waals surface area contributed by atoms with E-state index >= 15 is 0 Å². The molecule has 5 heteroatoms. The molecule has 2 atom stereocenters. The SMILES string of the molecule is CCOCCN1C(=O)C(C2CC2)NC(=O)C1C1CC1. The summed E-state index contributed by atoms with van der Waals surface area (Å²) in [6.07, 6.45) is 4.24. The lowest BCUT2D eigenvalue weighted by atomic mass is 10.0. The number of amides is 2. The van der Waals surface area contributed by atoms with Crippen LogP contribution in [0.3, 0.4) is 0 Å². The molecular formula is C14H22N2O3. The van der Waals surface area contributed by atoms with Crippen molar-refractivity contribution in [1.29, 1.82) is 0 Å². The minimum absolute atomic E-state index is 0.0514. The predicted octanol–water partition coefficient (Wildman–Crippen LogP) is 0.538. The Labute approximate surface area is 113 Å². The van der Waals surface area contributed by atoms with Crippen LogP contribution in [-0.2, 0) is 14.3 Å². The van der Waals surface area contributed by atoms with Crippen LogP contribution in [0.15, 0.2) is 0 Å². The molecule has 3 fully saturated rings. The minimum Gasteiger partial charge on any atom is -0.380 e. The van der Waals surface area contributed by atoms with Gasteiger partial charge in [-0.15, -0.1) is 0 Å². The van der Waals surface area contributed by atoms with E-state index in [1.807, 2.05) is 6.92 Å². The molecule has 1 heterocycles. The van der Waals surface area contributed by atoms with Gasteiger partial charge in [-0.2, -0.15) is 0 Å². The maximum Gasteiger partial charge on any atom is 0.246 e. The summed E-state index contributed by atoms with van der Waals surface area (Å²) < 4.78 is 5.35. The van der Waals surface area contributed by atoms with Crippen LogP contribution in [0.2, 0.25) is 0 Å². The third-order valence-electron chi connectivity index (χ3n) is 4.29. The highest BCUT2D eigenvalue weighted by Gasteiger charge is 2.51. The standard InChI is InChI=1S/C14H22N2O3/c1-2-19-8-7-16-12(10-5-6-10)13(17)15-11(14(16)18)9-3-4-9/h9-12H,2-8H2,1H3,(H,15,17). The van der Waals surface area contributed by atoms with E-state index in [2.05, 4.69) is 5.32 Å². The highest BCUT2D eigenvalue weighted by molar-refractivity contribution is 5.97. The van der Waals surface area contributed by atoms with Crippen molar-refractivity contribution < 1.29 is 14.3 Å². The molecule has 0 aromatic heterocycles. The smallest absolute Gasteiger partial charge is 0.246 e. The first-order chi connectivity index (χ1) is 9.22. The van der Waals surface area contributed by atoms with Gasteiger partial charge in [0.2, 0.25) is 11.8 Å². The molecule has 5 nitrogen and oxygen atoms in total. The first kappa shape index (κ1) is 12.9. The van der Waals surface area contributed by atoms with E-state index in [1.54, 1.807) is 4.90 Å². The van der Waals surface area contributed by atoms with Gasteiger partial charge in [0.1, 0.15) is 12.1 Å². The second kappa shape index (κ2) is 5.12. The van der Waals surface area contributed by atoms with Crippen LogP contribution < -0.4 is 5.32 Å². The fraction of sp³-hybridized carbons (Fsp3) is 0.857. The highest BCUT2D eigenvalue weighted by atomic mass is 16.5. The highest BCUT2D eigenvalue weighted by Crippen LogP contribution is 2.40. The van der Waals surface area contributed by atoms with E-state index in [-0.39, 0.29) is 23.9 Å². The molecule has 1 aliphatic heterocycles. The van der Waals surface area contributed by atoms with Crippen molar-refractivity contribution in [2.24, 2.45) is 11.8 Å². The molecule has 1 N–H and O–H groups in total. The summed E-state index contributed by atoms with van der Waals surface area (Å²) in [5.74, 6) is 0.895. The van der Waals surface area contributed by atoms with Gasteiger partial charge >= 0.3 is 0 Å². The van der Waals surface area contributed by atoms with Gasteiger partial charge in [-0.25, -0.2) is 0 Å². The summed E-state index contributed by atoms with van der Waals surface area (Å²) in [4.78, 5) is 26.6. The number of carbonyl (C=O) groups excluding carboxylic acids is 2. The number of ether oxygens (including phenoxy) is 1. The second-order valence-electron chi connectivity index (χ2n) is 5.83. The van der Waals surface area contributed by atoms with E-state index in [0.29, 0.717) is 31.6 Å². The van der Waals surface area contributed by atoms with Crippen LogP contribution in [0.5, 0.6) is 0 Å². The number of nitrogens with one attached hydrogen (secondary N) is 1. The van der Waals surface area contributed by atoms with Crippen molar-refractivity contribution in [2.45, 2.75) is 44.7 Å². The van der Waals surface area contributed by atoms with Crippen molar-refractivity contribution in [3.8, 4) is 0 Å². The monoisotopic (exact) mass is 266 g/mol. The van der Waals surface area contributed by atoms with Gasteiger partial charge in [0.25, 0.3) is 0 Å². The fourth-order valence-electron chi connectivity index (χ4n) is 2.94. The van der Waals surface area contributed by atoms with E-state index in [1.165, 1.54) is 0 Å². The van der Waals surface area contributed by atoms with Gasteiger partial charge in [-0.05, 0) is 44.4 Å². The largest absolute Gasteiger partial charge is 0.380 e. The van der Waals surface area contributed by atoms with E-state index in [0.717, 1.165) is 25.7 Å². The van der Waals surface area contributed by atoms with E-state index < -0.39 is 0 Å². The third-order valence-corrected chi connectivity index (χ3v) is 4.29. The van der Waals surface area contributed by atoms with E-state index in [4.69, 9.17) is 4.74 Å². The number of hydrogen-bond acceptors (Lipinski definition) is 3. The molecule has 0 aromatic rings. The molecule has 0 spiro atoms. The first-order valence-corrected chi connectivity index (χ1v) is 7.41. The lowest BCUT2D eigenvalue weighted by molar-refractivity contribution is -0.151. The molecule has 1 saturated heterocycles. The van der Waals surface area contributed by atoms with Crippen LogP contribution in [-0.4, -0.2) is 48.6 Å².